The molecule has 1 aromatic carbocycles. The monoisotopic (exact) mass is 447 g/mol. The van der Waals surface area contributed by atoms with E-state index in [4.69, 9.17) is 11.6 Å². The summed E-state index contributed by atoms with van der Waals surface area (Å²) in [6, 6.07) is 4.44. The van der Waals surface area contributed by atoms with Crippen LogP contribution in [0.25, 0.3) is 0 Å². The molecule has 2 amide bonds. The lowest BCUT2D eigenvalue weighted by atomic mass is 9.81. The minimum absolute atomic E-state index is 0.146. The number of nitrogens with zero attached hydrogens (tertiary/aromatic N) is 1. The number of aromatic hydroxyl groups is 1. The van der Waals surface area contributed by atoms with Crippen LogP contribution in [0.15, 0.2) is 18.2 Å². The molecular formula is C15H12Br2ClNO3. The SMILES string of the molecule is O=C1[C@@H]2[C@H]3C[C@@H]([C@H](Br)[C@H]3Br)[C@@H]2C(=O)N1c1ccc(Cl)cc1O. The summed E-state index contributed by atoms with van der Waals surface area (Å²) in [6.07, 6.45) is 0.888. The fourth-order valence-corrected chi connectivity index (χ4v) is 6.31. The van der Waals surface area contributed by atoms with Gasteiger partial charge < -0.3 is 5.11 Å². The number of amides is 2. The average Bonchev–Trinajstić information content (AvgIpc) is 3.06. The van der Waals surface area contributed by atoms with E-state index in [9.17, 15) is 14.7 Å². The molecule has 2 saturated carbocycles. The Morgan fingerprint density at radius 2 is 1.64 bits per heavy atom. The molecule has 1 aliphatic heterocycles. The molecule has 2 aliphatic carbocycles. The Labute approximate surface area is 149 Å². The number of alkyl halides is 2. The van der Waals surface area contributed by atoms with Crippen molar-refractivity contribution < 1.29 is 14.7 Å². The zero-order valence-corrected chi connectivity index (χ0v) is 15.2. The normalized spacial score (nSPS) is 39.7. The molecule has 1 aromatic rings. The second-order valence-electron chi connectivity index (χ2n) is 6.15. The number of rotatable bonds is 1. The maximum absolute atomic E-state index is 12.8. The number of carbonyl (C=O) groups is 2. The molecular weight excluding hydrogens is 437 g/mol. The van der Waals surface area contributed by atoms with E-state index in [0.29, 0.717) is 5.02 Å². The molecule has 4 rings (SSSR count). The van der Waals surface area contributed by atoms with E-state index in [0.717, 1.165) is 11.3 Å². The largest absolute Gasteiger partial charge is 0.506 e. The minimum Gasteiger partial charge on any atom is -0.506 e. The van der Waals surface area contributed by atoms with Crippen LogP contribution in [-0.2, 0) is 9.59 Å². The fourth-order valence-electron chi connectivity index (χ4n) is 4.27. The van der Waals surface area contributed by atoms with E-state index >= 15 is 0 Å². The van der Waals surface area contributed by atoms with Crippen molar-refractivity contribution in [3.05, 3.63) is 23.2 Å². The zero-order chi connectivity index (χ0) is 15.8. The van der Waals surface area contributed by atoms with Gasteiger partial charge in [0.2, 0.25) is 11.8 Å². The molecule has 0 radical (unpaired) electrons. The number of fused-ring (bicyclic) bond motifs is 5. The first-order valence-corrected chi connectivity index (χ1v) is 9.27. The Morgan fingerprint density at radius 1 is 1.09 bits per heavy atom. The Kier molecular flexibility index (Phi) is 3.37. The summed E-state index contributed by atoms with van der Waals surface area (Å²) in [7, 11) is 0. The first kappa shape index (κ1) is 15.0. The summed E-state index contributed by atoms with van der Waals surface area (Å²) < 4.78 is 0. The Hall–Kier alpha value is -0.590. The van der Waals surface area contributed by atoms with Crippen molar-refractivity contribution in [1.82, 2.24) is 0 Å². The summed E-state index contributed by atoms with van der Waals surface area (Å²) in [5.41, 5.74) is 0.227. The van der Waals surface area contributed by atoms with Gasteiger partial charge in [0.05, 0.1) is 17.5 Å². The summed E-state index contributed by atoms with van der Waals surface area (Å²) >= 11 is 13.1. The van der Waals surface area contributed by atoms with Crippen molar-refractivity contribution >= 4 is 61.0 Å². The second kappa shape index (κ2) is 4.95. The van der Waals surface area contributed by atoms with Gasteiger partial charge in [0.1, 0.15) is 5.75 Å². The van der Waals surface area contributed by atoms with Crippen LogP contribution in [0.3, 0.4) is 0 Å². The predicted molar refractivity (Wildman–Crippen MR) is 89.6 cm³/mol. The number of carbonyl (C=O) groups excluding carboxylic acids is 2. The lowest BCUT2D eigenvalue weighted by Crippen LogP contribution is -2.37. The van der Waals surface area contributed by atoms with Crippen LogP contribution in [0, 0.1) is 23.7 Å². The average molecular weight is 450 g/mol. The van der Waals surface area contributed by atoms with E-state index in [1.54, 1.807) is 6.07 Å². The Morgan fingerprint density at radius 3 is 2.14 bits per heavy atom. The van der Waals surface area contributed by atoms with E-state index in [1.807, 2.05) is 0 Å². The summed E-state index contributed by atoms with van der Waals surface area (Å²) in [5.74, 6) is -0.803. The van der Waals surface area contributed by atoms with E-state index in [-0.39, 0.29) is 56.6 Å². The molecule has 2 bridgehead atoms. The van der Waals surface area contributed by atoms with Crippen LogP contribution in [0.2, 0.25) is 5.02 Å². The van der Waals surface area contributed by atoms with E-state index < -0.39 is 0 Å². The third-order valence-electron chi connectivity index (χ3n) is 5.17. The zero-order valence-electron chi connectivity index (χ0n) is 11.2. The van der Waals surface area contributed by atoms with Gasteiger partial charge in [-0.05, 0) is 30.4 Å². The number of phenols is 1. The van der Waals surface area contributed by atoms with Gasteiger partial charge in [-0.15, -0.1) is 0 Å². The minimum atomic E-state index is -0.286. The highest BCUT2D eigenvalue weighted by atomic mass is 79.9. The van der Waals surface area contributed by atoms with Gasteiger partial charge in [0.15, 0.2) is 0 Å². The van der Waals surface area contributed by atoms with E-state index in [1.165, 1.54) is 12.1 Å². The predicted octanol–water partition coefficient (Wildman–Crippen LogP) is 3.33. The van der Waals surface area contributed by atoms with Crippen molar-refractivity contribution in [2.45, 2.75) is 16.1 Å². The third kappa shape index (κ3) is 1.80. The fraction of sp³-hybridized carbons (Fsp3) is 0.467. The van der Waals surface area contributed by atoms with Crippen LogP contribution in [0.1, 0.15) is 6.42 Å². The molecule has 3 fully saturated rings. The Balaban J connectivity index is 1.76. The molecule has 22 heavy (non-hydrogen) atoms. The Bertz CT molecular complexity index is 665. The first-order chi connectivity index (χ1) is 10.4. The molecule has 0 unspecified atom stereocenters. The van der Waals surface area contributed by atoms with Gasteiger partial charge in [-0.1, -0.05) is 43.5 Å². The molecule has 4 nitrogen and oxygen atoms in total. The maximum atomic E-state index is 12.8. The third-order valence-corrected chi connectivity index (χ3v) is 8.61. The van der Waals surface area contributed by atoms with Gasteiger partial charge >= 0.3 is 0 Å². The standard InChI is InChI=1S/C15H12Br2ClNO3/c16-12-6-4-7(13(12)17)11-10(6)14(21)19(15(11)22)8-2-1-5(18)3-9(8)20/h1-3,6-7,10-13,20H,4H2/t6-,7-,10-,11+,12+,13+/m1/s1. The van der Waals surface area contributed by atoms with Gasteiger partial charge in [-0.3, -0.25) is 9.59 Å². The topological polar surface area (TPSA) is 57.6 Å². The number of halogens is 3. The lowest BCUT2D eigenvalue weighted by Gasteiger charge is -2.28. The number of benzene rings is 1. The number of anilines is 1. The highest BCUT2D eigenvalue weighted by molar-refractivity contribution is 9.12. The molecule has 116 valence electrons. The van der Waals surface area contributed by atoms with Gasteiger partial charge in [-0.25, -0.2) is 4.90 Å². The lowest BCUT2D eigenvalue weighted by molar-refractivity contribution is -0.123. The molecule has 3 aliphatic rings. The molecule has 1 saturated heterocycles. The van der Waals surface area contributed by atoms with Gasteiger partial charge in [-0.2, -0.15) is 0 Å². The molecule has 7 heteroatoms. The quantitative estimate of drug-likeness (QED) is 0.529. The summed E-state index contributed by atoms with van der Waals surface area (Å²) in [6.45, 7) is 0. The molecule has 1 N–H and O–H groups in total. The first-order valence-electron chi connectivity index (χ1n) is 7.06. The molecule has 0 aromatic heterocycles. The van der Waals surface area contributed by atoms with Gasteiger partial charge in [0, 0.05) is 20.7 Å². The number of hydrogen-bond acceptors (Lipinski definition) is 3. The second-order valence-corrected chi connectivity index (χ2v) is 8.70. The van der Waals surface area contributed by atoms with Crippen molar-refractivity contribution in [3.8, 4) is 5.75 Å². The van der Waals surface area contributed by atoms with Crippen LogP contribution >= 0.6 is 43.5 Å². The van der Waals surface area contributed by atoms with E-state index in [2.05, 4.69) is 31.9 Å². The highest BCUT2D eigenvalue weighted by Crippen LogP contribution is 2.60. The van der Waals surface area contributed by atoms with Crippen molar-refractivity contribution in [1.29, 1.82) is 0 Å². The van der Waals surface area contributed by atoms with Crippen LogP contribution < -0.4 is 4.90 Å². The summed E-state index contributed by atoms with van der Waals surface area (Å²) in [4.78, 5) is 27.2. The summed E-state index contributed by atoms with van der Waals surface area (Å²) in [5, 5.41) is 10.4. The maximum Gasteiger partial charge on any atom is 0.238 e. The van der Waals surface area contributed by atoms with Crippen molar-refractivity contribution in [2.24, 2.45) is 23.7 Å². The molecule has 0 spiro atoms. The number of imide groups is 1. The van der Waals surface area contributed by atoms with Crippen LogP contribution in [0.5, 0.6) is 5.75 Å². The highest BCUT2D eigenvalue weighted by Gasteiger charge is 2.66. The molecule has 1 heterocycles. The number of hydrogen-bond donors (Lipinski definition) is 1. The van der Waals surface area contributed by atoms with Crippen LogP contribution in [0.4, 0.5) is 5.69 Å². The number of phenolic OH excluding ortho intramolecular Hbond substituents is 1. The van der Waals surface area contributed by atoms with Crippen molar-refractivity contribution in [3.63, 3.8) is 0 Å². The van der Waals surface area contributed by atoms with Crippen LogP contribution in [-0.4, -0.2) is 26.6 Å². The smallest absolute Gasteiger partial charge is 0.238 e. The van der Waals surface area contributed by atoms with Crippen molar-refractivity contribution in [2.75, 3.05) is 4.90 Å². The molecule has 6 atom stereocenters. The van der Waals surface area contributed by atoms with Gasteiger partial charge in [0.25, 0.3) is 0 Å².